The van der Waals surface area contributed by atoms with E-state index in [1.54, 1.807) is 0 Å². The fraction of sp³-hybridized carbons (Fsp3) is 0.300. The third-order valence-corrected chi connectivity index (χ3v) is 3.89. The van der Waals surface area contributed by atoms with E-state index in [4.69, 9.17) is 0 Å². The van der Waals surface area contributed by atoms with Gasteiger partial charge in [0.05, 0.1) is 8.07 Å². The molecule has 0 nitrogen and oxygen atoms in total. The highest BCUT2D eigenvalue weighted by Crippen LogP contribution is 2.03. The lowest BCUT2D eigenvalue weighted by atomic mass is 10.2. The predicted molar refractivity (Wildman–Crippen MR) is 53.9 cm³/mol. The molecule has 1 heteroatoms. The first-order chi connectivity index (χ1) is 5.00. The molecule has 0 aliphatic carbocycles. The third kappa shape index (κ3) is 2.19. The van der Waals surface area contributed by atoms with Crippen LogP contribution in [0.4, 0.5) is 0 Å². The van der Waals surface area contributed by atoms with Gasteiger partial charge in [-0.2, -0.15) is 0 Å². The van der Waals surface area contributed by atoms with Gasteiger partial charge < -0.3 is 0 Å². The molecule has 1 aromatic rings. The fourth-order valence-corrected chi connectivity index (χ4v) is 2.17. The first-order valence-corrected chi connectivity index (χ1v) is 7.42. The Balaban J connectivity index is 2.99. The molecule has 0 aliphatic rings. The lowest BCUT2D eigenvalue weighted by Gasteiger charge is -2.16. The average Bonchev–Trinajstić information content (AvgIpc) is 1.86. The van der Waals surface area contributed by atoms with Crippen LogP contribution < -0.4 is 5.19 Å². The molecule has 0 bridgehead atoms. The van der Waals surface area contributed by atoms with Crippen molar-refractivity contribution in [1.29, 1.82) is 0 Å². The molecule has 0 saturated carbocycles. The molecule has 0 amide bonds. The minimum atomic E-state index is -1.08. The summed E-state index contributed by atoms with van der Waals surface area (Å²) in [5, 5.41) is 1.50. The molecule has 1 rings (SSSR count). The normalized spacial score (nSPS) is 11.6. The molecular weight excluding hydrogens is 148 g/mol. The van der Waals surface area contributed by atoms with Crippen LogP contribution in [0.1, 0.15) is 5.56 Å². The van der Waals surface area contributed by atoms with Gasteiger partial charge in [-0.1, -0.05) is 49.1 Å². The Morgan fingerprint density at radius 1 is 1.00 bits per heavy atom. The first kappa shape index (κ1) is 8.53. The van der Waals surface area contributed by atoms with E-state index in [0.29, 0.717) is 0 Å². The number of benzene rings is 1. The molecule has 0 fully saturated rings. The van der Waals surface area contributed by atoms with Gasteiger partial charge in [-0.25, -0.2) is 0 Å². The van der Waals surface area contributed by atoms with E-state index in [2.05, 4.69) is 50.8 Å². The Labute approximate surface area is 70.3 Å². The van der Waals surface area contributed by atoms with Gasteiger partial charge in [0.15, 0.2) is 0 Å². The maximum Gasteiger partial charge on any atom is 0.0775 e. The van der Waals surface area contributed by atoms with Crippen LogP contribution in [0, 0.1) is 6.92 Å². The SMILES string of the molecule is [CH2]c1ccc([Si](C)(C)C)cc1. The number of rotatable bonds is 1. The van der Waals surface area contributed by atoms with Crippen LogP contribution in [0.2, 0.25) is 19.6 Å². The van der Waals surface area contributed by atoms with Gasteiger partial charge in [0.1, 0.15) is 0 Å². The molecule has 11 heavy (non-hydrogen) atoms. The maximum absolute atomic E-state index is 3.86. The van der Waals surface area contributed by atoms with Crippen LogP contribution >= 0.6 is 0 Å². The highest BCUT2D eigenvalue weighted by Gasteiger charge is 2.14. The van der Waals surface area contributed by atoms with Crippen molar-refractivity contribution in [1.82, 2.24) is 0 Å². The Bertz CT molecular complexity index is 228. The zero-order valence-corrected chi connectivity index (χ0v) is 8.52. The van der Waals surface area contributed by atoms with Crippen LogP contribution in [-0.4, -0.2) is 8.07 Å². The van der Waals surface area contributed by atoms with Crippen LogP contribution in [-0.2, 0) is 0 Å². The zero-order valence-electron chi connectivity index (χ0n) is 7.52. The van der Waals surface area contributed by atoms with Crippen LogP contribution in [0.25, 0.3) is 0 Å². The lowest BCUT2D eigenvalue weighted by Crippen LogP contribution is -2.37. The Kier molecular flexibility index (Phi) is 2.19. The van der Waals surface area contributed by atoms with Gasteiger partial charge in [0.2, 0.25) is 0 Å². The smallest absolute Gasteiger partial charge is 0.0656 e. The van der Waals surface area contributed by atoms with E-state index < -0.39 is 8.07 Å². The van der Waals surface area contributed by atoms with E-state index in [1.165, 1.54) is 5.19 Å². The second kappa shape index (κ2) is 2.82. The van der Waals surface area contributed by atoms with Crippen molar-refractivity contribution in [3.05, 3.63) is 36.8 Å². The average molecular weight is 163 g/mol. The van der Waals surface area contributed by atoms with Gasteiger partial charge in [0.25, 0.3) is 0 Å². The van der Waals surface area contributed by atoms with Crippen molar-refractivity contribution < 1.29 is 0 Å². The molecule has 0 N–H and O–H groups in total. The molecule has 1 radical (unpaired) electrons. The zero-order chi connectivity index (χ0) is 8.48. The van der Waals surface area contributed by atoms with Crippen molar-refractivity contribution in [3.8, 4) is 0 Å². The maximum atomic E-state index is 3.86. The summed E-state index contributed by atoms with van der Waals surface area (Å²) in [7, 11) is -1.08. The molecule has 0 spiro atoms. The highest BCUT2D eigenvalue weighted by molar-refractivity contribution is 6.88. The van der Waals surface area contributed by atoms with Crippen molar-refractivity contribution >= 4 is 13.3 Å². The summed E-state index contributed by atoms with van der Waals surface area (Å²) in [5.74, 6) is 0. The standard InChI is InChI=1S/C10H15Si/c1-9-5-7-10(8-6-9)11(2,3)4/h5-8H,1H2,2-4H3. The van der Waals surface area contributed by atoms with E-state index in [-0.39, 0.29) is 0 Å². The van der Waals surface area contributed by atoms with Gasteiger partial charge >= 0.3 is 0 Å². The summed E-state index contributed by atoms with van der Waals surface area (Å²) in [6.45, 7) is 10.9. The minimum absolute atomic E-state index is 1.08. The Hall–Kier alpha value is -0.563. The molecule has 1 aromatic carbocycles. The number of hydrogen-bond donors (Lipinski definition) is 0. The van der Waals surface area contributed by atoms with Crippen molar-refractivity contribution in [2.75, 3.05) is 0 Å². The summed E-state index contributed by atoms with van der Waals surface area (Å²) in [6.07, 6.45) is 0. The number of hydrogen-bond acceptors (Lipinski definition) is 0. The summed E-state index contributed by atoms with van der Waals surface area (Å²) in [6, 6.07) is 8.59. The molecule has 0 atom stereocenters. The van der Waals surface area contributed by atoms with Crippen molar-refractivity contribution in [2.24, 2.45) is 0 Å². The molecule has 0 heterocycles. The van der Waals surface area contributed by atoms with Gasteiger partial charge in [0, 0.05) is 0 Å². The molecule has 0 aliphatic heterocycles. The van der Waals surface area contributed by atoms with E-state index in [1.807, 2.05) is 0 Å². The minimum Gasteiger partial charge on any atom is -0.0656 e. The lowest BCUT2D eigenvalue weighted by molar-refractivity contribution is 1.61. The second-order valence-corrected chi connectivity index (χ2v) is 9.02. The van der Waals surface area contributed by atoms with E-state index in [0.717, 1.165) is 5.56 Å². The van der Waals surface area contributed by atoms with Crippen LogP contribution in [0.15, 0.2) is 24.3 Å². The topological polar surface area (TPSA) is 0 Å². The first-order valence-electron chi connectivity index (χ1n) is 3.92. The summed E-state index contributed by atoms with van der Waals surface area (Å²) >= 11 is 0. The molecular formula is C10H15Si. The quantitative estimate of drug-likeness (QED) is 0.558. The summed E-state index contributed by atoms with van der Waals surface area (Å²) < 4.78 is 0. The Morgan fingerprint density at radius 3 is 1.82 bits per heavy atom. The summed E-state index contributed by atoms with van der Waals surface area (Å²) in [4.78, 5) is 0. The predicted octanol–water partition coefficient (Wildman–Crippen LogP) is 2.41. The van der Waals surface area contributed by atoms with Crippen molar-refractivity contribution in [2.45, 2.75) is 19.6 Å². The van der Waals surface area contributed by atoms with Gasteiger partial charge in [-0.15, -0.1) is 0 Å². The summed E-state index contributed by atoms with van der Waals surface area (Å²) in [5.41, 5.74) is 1.10. The van der Waals surface area contributed by atoms with Gasteiger partial charge in [-0.05, 0) is 12.5 Å². The molecule has 0 aromatic heterocycles. The van der Waals surface area contributed by atoms with E-state index in [9.17, 15) is 0 Å². The highest BCUT2D eigenvalue weighted by atomic mass is 28.3. The monoisotopic (exact) mass is 163 g/mol. The molecule has 59 valence electrons. The van der Waals surface area contributed by atoms with Crippen LogP contribution in [0.3, 0.4) is 0 Å². The van der Waals surface area contributed by atoms with Crippen LogP contribution in [0.5, 0.6) is 0 Å². The third-order valence-electron chi connectivity index (χ3n) is 1.82. The second-order valence-electron chi connectivity index (χ2n) is 3.95. The molecule has 0 unspecified atom stereocenters. The fourth-order valence-electron chi connectivity index (χ4n) is 1.00. The molecule has 0 saturated heterocycles. The van der Waals surface area contributed by atoms with Gasteiger partial charge in [-0.3, -0.25) is 0 Å². The Morgan fingerprint density at radius 2 is 1.45 bits per heavy atom. The van der Waals surface area contributed by atoms with Crippen molar-refractivity contribution in [3.63, 3.8) is 0 Å². The largest absolute Gasteiger partial charge is 0.0775 e. The van der Waals surface area contributed by atoms with E-state index >= 15 is 0 Å².